The zero-order valence-electron chi connectivity index (χ0n) is 19.6. The third kappa shape index (κ3) is 7.60. The van der Waals surface area contributed by atoms with Crippen LogP contribution in [0.1, 0.15) is 24.0 Å². The summed E-state index contributed by atoms with van der Waals surface area (Å²) in [5.41, 5.74) is 0.266. The molecule has 2 aromatic rings. The molecule has 2 aliphatic rings. The normalized spacial score (nSPS) is 21.5. The number of piperidine rings is 1. The first-order valence-electron chi connectivity index (χ1n) is 12.0. The third-order valence-electron chi connectivity index (χ3n) is 6.33. The topological polar surface area (TPSA) is 51.2 Å². The summed E-state index contributed by atoms with van der Waals surface area (Å²) in [6.45, 7) is 4.62. The highest BCUT2D eigenvalue weighted by Crippen LogP contribution is 2.30. The number of morpholine rings is 1. The predicted molar refractivity (Wildman–Crippen MR) is 124 cm³/mol. The van der Waals surface area contributed by atoms with Crippen LogP contribution in [-0.4, -0.2) is 67.9 Å². The van der Waals surface area contributed by atoms with Crippen molar-refractivity contribution in [2.24, 2.45) is 5.92 Å². The molecule has 9 heteroatoms. The van der Waals surface area contributed by atoms with Crippen LogP contribution in [0.5, 0.6) is 5.75 Å². The monoisotopic (exact) mass is 492 g/mol. The van der Waals surface area contributed by atoms with Crippen LogP contribution < -0.4 is 4.74 Å². The maximum absolute atomic E-state index is 12.7. The molecule has 2 aromatic carbocycles. The molecule has 35 heavy (non-hydrogen) atoms. The summed E-state index contributed by atoms with van der Waals surface area (Å²) in [6.07, 6.45) is -2.76. The van der Waals surface area contributed by atoms with E-state index in [1.807, 2.05) is 30.3 Å². The van der Waals surface area contributed by atoms with E-state index in [2.05, 4.69) is 4.90 Å². The van der Waals surface area contributed by atoms with Gasteiger partial charge in [0, 0.05) is 25.6 Å². The molecule has 2 unspecified atom stereocenters. The largest absolute Gasteiger partial charge is 0.493 e. The van der Waals surface area contributed by atoms with Crippen LogP contribution in [-0.2, 0) is 22.3 Å². The zero-order valence-corrected chi connectivity index (χ0v) is 19.6. The van der Waals surface area contributed by atoms with Crippen molar-refractivity contribution >= 4 is 6.09 Å². The second-order valence-corrected chi connectivity index (χ2v) is 9.08. The molecule has 2 heterocycles. The van der Waals surface area contributed by atoms with E-state index in [1.54, 1.807) is 4.90 Å². The number of alkyl halides is 3. The highest BCUT2D eigenvalue weighted by Gasteiger charge is 2.31. The van der Waals surface area contributed by atoms with Crippen molar-refractivity contribution in [1.82, 2.24) is 9.80 Å². The van der Waals surface area contributed by atoms with Crippen LogP contribution in [0.4, 0.5) is 18.0 Å². The Balaban J connectivity index is 1.20. The van der Waals surface area contributed by atoms with E-state index in [-0.39, 0.29) is 24.7 Å². The van der Waals surface area contributed by atoms with Gasteiger partial charge in [0.15, 0.2) is 0 Å². The van der Waals surface area contributed by atoms with Gasteiger partial charge in [-0.1, -0.05) is 30.3 Å². The van der Waals surface area contributed by atoms with Crippen LogP contribution >= 0.6 is 0 Å². The molecule has 190 valence electrons. The molecule has 0 N–H and O–H groups in total. The predicted octanol–water partition coefficient (Wildman–Crippen LogP) is 4.83. The summed E-state index contributed by atoms with van der Waals surface area (Å²) in [7, 11) is 0. The van der Waals surface area contributed by atoms with Crippen molar-refractivity contribution in [3.8, 4) is 5.75 Å². The van der Waals surface area contributed by atoms with Crippen molar-refractivity contribution in [1.29, 1.82) is 0 Å². The van der Waals surface area contributed by atoms with Crippen molar-refractivity contribution in [3.05, 3.63) is 65.7 Å². The smallest absolute Gasteiger partial charge is 0.416 e. The summed E-state index contributed by atoms with van der Waals surface area (Å²) >= 11 is 0. The molecule has 0 saturated carbocycles. The molecule has 4 rings (SSSR count). The van der Waals surface area contributed by atoms with E-state index in [1.165, 1.54) is 12.1 Å². The molecule has 2 aliphatic heterocycles. The van der Waals surface area contributed by atoms with E-state index in [0.717, 1.165) is 43.6 Å². The summed E-state index contributed by atoms with van der Waals surface area (Å²) in [5.74, 6) is 0.719. The van der Waals surface area contributed by atoms with Crippen molar-refractivity contribution < 1.29 is 32.2 Å². The van der Waals surface area contributed by atoms with Gasteiger partial charge in [-0.05, 0) is 49.2 Å². The number of ether oxygens (including phenoxy) is 3. The fourth-order valence-electron chi connectivity index (χ4n) is 4.50. The average molecular weight is 493 g/mol. The van der Waals surface area contributed by atoms with Crippen LogP contribution in [0.25, 0.3) is 0 Å². The molecule has 0 aromatic heterocycles. The van der Waals surface area contributed by atoms with Gasteiger partial charge in [0.05, 0.1) is 31.4 Å². The van der Waals surface area contributed by atoms with Gasteiger partial charge >= 0.3 is 12.3 Å². The Labute approximate surface area is 203 Å². The number of amides is 1. The standard InChI is InChI=1S/C26H31F3N2O4/c27-26(28,29)22-8-10-23(11-9-22)34-19-21-7-4-12-30(15-21)16-24-17-31(13-14-33-24)25(32)35-18-20-5-2-1-3-6-20/h1-3,5-6,8-11,21,24H,4,7,12-19H2. The molecular formula is C26H31F3N2O4. The van der Waals surface area contributed by atoms with Gasteiger partial charge in [0.2, 0.25) is 0 Å². The second-order valence-electron chi connectivity index (χ2n) is 9.08. The van der Waals surface area contributed by atoms with Gasteiger partial charge in [-0.15, -0.1) is 0 Å². The molecule has 2 atom stereocenters. The first-order chi connectivity index (χ1) is 16.9. The number of benzene rings is 2. The molecule has 2 fully saturated rings. The van der Waals surface area contributed by atoms with Crippen molar-refractivity contribution in [3.63, 3.8) is 0 Å². The van der Waals surface area contributed by atoms with Crippen LogP contribution in [0.3, 0.4) is 0 Å². The van der Waals surface area contributed by atoms with Gasteiger partial charge in [-0.2, -0.15) is 13.2 Å². The number of hydrogen-bond acceptors (Lipinski definition) is 5. The maximum atomic E-state index is 12.7. The van der Waals surface area contributed by atoms with Crippen LogP contribution in [0, 0.1) is 5.92 Å². The Hall–Kier alpha value is -2.78. The van der Waals surface area contributed by atoms with Gasteiger partial charge < -0.3 is 24.0 Å². The van der Waals surface area contributed by atoms with E-state index in [4.69, 9.17) is 14.2 Å². The van der Waals surface area contributed by atoms with Crippen LogP contribution in [0.2, 0.25) is 0 Å². The molecule has 0 bridgehead atoms. The molecule has 0 aliphatic carbocycles. The minimum absolute atomic E-state index is 0.0948. The summed E-state index contributed by atoms with van der Waals surface area (Å²) < 4.78 is 55.3. The van der Waals surface area contributed by atoms with E-state index < -0.39 is 11.7 Å². The fourth-order valence-corrected chi connectivity index (χ4v) is 4.50. The number of rotatable bonds is 7. The zero-order chi connectivity index (χ0) is 24.7. The Morgan fingerprint density at radius 1 is 1.03 bits per heavy atom. The van der Waals surface area contributed by atoms with Gasteiger partial charge in [0.25, 0.3) is 0 Å². The quantitative estimate of drug-likeness (QED) is 0.554. The lowest BCUT2D eigenvalue weighted by Gasteiger charge is -2.38. The lowest BCUT2D eigenvalue weighted by atomic mass is 9.98. The number of nitrogens with zero attached hydrogens (tertiary/aromatic N) is 2. The highest BCUT2D eigenvalue weighted by molar-refractivity contribution is 5.67. The van der Waals surface area contributed by atoms with E-state index in [9.17, 15) is 18.0 Å². The summed E-state index contributed by atoms with van der Waals surface area (Å²) in [6, 6.07) is 14.4. The lowest BCUT2D eigenvalue weighted by molar-refractivity contribution is -0.137. The molecule has 1 amide bonds. The Bertz CT molecular complexity index is 940. The Kier molecular flexibility index (Phi) is 8.51. The molecule has 2 saturated heterocycles. The lowest BCUT2D eigenvalue weighted by Crippen LogP contribution is -2.51. The van der Waals surface area contributed by atoms with Gasteiger partial charge in [0.1, 0.15) is 12.4 Å². The molecule has 0 radical (unpaired) electrons. The summed E-state index contributed by atoms with van der Waals surface area (Å²) in [5, 5.41) is 0. The minimum atomic E-state index is -4.35. The first-order valence-corrected chi connectivity index (χ1v) is 12.0. The average Bonchev–Trinajstić information content (AvgIpc) is 2.87. The minimum Gasteiger partial charge on any atom is -0.493 e. The SMILES string of the molecule is O=C(OCc1ccccc1)N1CCOC(CN2CCCC(COc3ccc(C(F)(F)F)cc3)C2)C1. The fraction of sp³-hybridized carbons (Fsp3) is 0.500. The Morgan fingerprint density at radius 2 is 1.80 bits per heavy atom. The molecule has 0 spiro atoms. The van der Waals surface area contributed by atoms with E-state index in [0.29, 0.717) is 38.6 Å². The highest BCUT2D eigenvalue weighted by atomic mass is 19.4. The number of carbonyl (C=O) groups excluding carboxylic acids is 1. The van der Waals surface area contributed by atoms with Crippen LogP contribution in [0.15, 0.2) is 54.6 Å². The number of hydrogen-bond donors (Lipinski definition) is 0. The van der Waals surface area contributed by atoms with Crippen molar-refractivity contribution in [2.45, 2.75) is 31.7 Å². The van der Waals surface area contributed by atoms with E-state index >= 15 is 0 Å². The number of halogens is 3. The third-order valence-corrected chi connectivity index (χ3v) is 6.33. The molecular weight excluding hydrogens is 461 g/mol. The van der Waals surface area contributed by atoms with Gasteiger partial charge in [-0.3, -0.25) is 0 Å². The van der Waals surface area contributed by atoms with Crippen molar-refractivity contribution in [2.75, 3.05) is 45.9 Å². The summed E-state index contributed by atoms with van der Waals surface area (Å²) in [4.78, 5) is 16.5. The first kappa shape index (κ1) is 25.3. The Morgan fingerprint density at radius 3 is 2.54 bits per heavy atom. The maximum Gasteiger partial charge on any atom is 0.416 e. The van der Waals surface area contributed by atoms with Gasteiger partial charge in [-0.25, -0.2) is 4.79 Å². The number of likely N-dealkylation sites (tertiary alicyclic amines) is 1. The molecule has 6 nitrogen and oxygen atoms in total. The second kappa shape index (κ2) is 11.8. The number of carbonyl (C=O) groups is 1.